The van der Waals surface area contributed by atoms with Gasteiger partial charge in [-0.25, -0.2) is 8.42 Å². The molecule has 2 N–H and O–H groups in total. The Balaban J connectivity index is 0.000000427. The molecule has 1 aromatic carbocycles. The number of rotatable bonds is 9. The number of nitrogens with one attached hydrogen (secondary N) is 2. The van der Waals surface area contributed by atoms with Gasteiger partial charge in [0.1, 0.15) is 6.04 Å². The normalized spacial score (nSPS) is 15.6. The highest BCUT2D eigenvalue weighted by molar-refractivity contribution is 7.88. The number of carbonyl (C=O) groups excluding carboxylic acids is 2. The van der Waals surface area contributed by atoms with Crippen LogP contribution in [0.25, 0.3) is 0 Å². The van der Waals surface area contributed by atoms with Crippen molar-refractivity contribution in [3.05, 3.63) is 96.1 Å². The molecule has 1 atom stereocenters. The first-order valence-corrected chi connectivity index (χ1v) is 14.4. The summed E-state index contributed by atoms with van der Waals surface area (Å²) in [5, 5.41) is 5.29. The van der Waals surface area contributed by atoms with Crippen molar-refractivity contribution < 1.29 is 18.0 Å². The Morgan fingerprint density at radius 3 is 2.16 bits per heavy atom. The lowest BCUT2D eigenvalue weighted by molar-refractivity contribution is -0.129. The number of piperidine rings is 1. The largest absolute Gasteiger partial charge is 0.350 e. The Hall–Kier alpha value is -3.63. The molecule has 4 rings (SSSR count). The zero-order valence-corrected chi connectivity index (χ0v) is 22.4. The van der Waals surface area contributed by atoms with E-state index in [1.807, 2.05) is 24.4 Å². The van der Waals surface area contributed by atoms with E-state index in [1.54, 1.807) is 48.9 Å². The van der Waals surface area contributed by atoms with E-state index in [4.69, 9.17) is 0 Å². The SMILES string of the molecule is CCc1cccnc1.O=C(CNC(=O)C1CCCCN1S(=O)(=O)Cc1ccccc1)NCc1cccnc1. The quantitative estimate of drug-likeness (QED) is 0.433. The van der Waals surface area contributed by atoms with E-state index in [0.29, 0.717) is 31.5 Å². The summed E-state index contributed by atoms with van der Waals surface area (Å²) in [5.41, 5.74) is 2.83. The number of sulfonamides is 1. The lowest BCUT2D eigenvalue weighted by Gasteiger charge is -2.33. The Kier molecular flexibility index (Phi) is 11.4. The van der Waals surface area contributed by atoms with E-state index in [1.165, 1.54) is 9.87 Å². The molecule has 3 aromatic rings. The fourth-order valence-electron chi connectivity index (χ4n) is 4.03. The molecule has 38 heavy (non-hydrogen) atoms. The lowest BCUT2D eigenvalue weighted by atomic mass is 10.0. The highest BCUT2D eigenvalue weighted by atomic mass is 32.2. The minimum atomic E-state index is -3.65. The maximum atomic E-state index is 12.9. The predicted octanol–water partition coefficient (Wildman–Crippen LogP) is 2.84. The van der Waals surface area contributed by atoms with Crippen LogP contribution >= 0.6 is 0 Å². The van der Waals surface area contributed by atoms with Crippen molar-refractivity contribution in [3.8, 4) is 0 Å². The van der Waals surface area contributed by atoms with Crippen LogP contribution in [0.3, 0.4) is 0 Å². The molecule has 1 unspecified atom stereocenters. The molecule has 202 valence electrons. The molecule has 1 aliphatic rings. The number of hydrogen-bond acceptors (Lipinski definition) is 6. The molecule has 10 heteroatoms. The van der Waals surface area contributed by atoms with Crippen molar-refractivity contribution in [2.24, 2.45) is 0 Å². The molecule has 0 radical (unpaired) electrons. The predicted molar refractivity (Wildman–Crippen MR) is 146 cm³/mol. The molecule has 0 bridgehead atoms. The third-order valence-corrected chi connectivity index (χ3v) is 7.92. The second-order valence-corrected chi connectivity index (χ2v) is 10.9. The Morgan fingerprint density at radius 2 is 1.55 bits per heavy atom. The summed E-state index contributed by atoms with van der Waals surface area (Å²) in [6.07, 6.45) is 9.97. The van der Waals surface area contributed by atoms with E-state index >= 15 is 0 Å². The van der Waals surface area contributed by atoms with Gasteiger partial charge in [-0.3, -0.25) is 19.6 Å². The third-order valence-electron chi connectivity index (χ3n) is 6.07. The summed E-state index contributed by atoms with van der Waals surface area (Å²) >= 11 is 0. The molecular weight excluding hydrogens is 502 g/mol. The molecule has 1 saturated heterocycles. The molecule has 1 fully saturated rings. The first kappa shape index (κ1) is 28.9. The van der Waals surface area contributed by atoms with Crippen LogP contribution in [0.4, 0.5) is 0 Å². The fourth-order valence-corrected chi connectivity index (χ4v) is 5.80. The van der Waals surface area contributed by atoms with E-state index < -0.39 is 22.0 Å². The monoisotopic (exact) mass is 537 g/mol. The van der Waals surface area contributed by atoms with Crippen LogP contribution in [-0.4, -0.2) is 53.6 Å². The van der Waals surface area contributed by atoms with E-state index in [0.717, 1.165) is 18.4 Å². The average molecular weight is 538 g/mol. The van der Waals surface area contributed by atoms with Gasteiger partial charge in [-0.1, -0.05) is 55.8 Å². The highest BCUT2D eigenvalue weighted by Gasteiger charge is 2.36. The molecule has 0 aliphatic carbocycles. The summed E-state index contributed by atoms with van der Waals surface area (Å²) in [5.74, 6) is -0.937. The molecular formula is C28H35N5O4S. The van der Waals surface area contributed by atoms with Crippen molar-refractivity contribution >= 4 is 21.8 Å². The van der Waals surface area contributed by atoms with Crippen LogP contribution in [0.15, 0.2) is 79.4 Å². The molecule has 0 spiro atoms. The number of benzene rings is 1. The van der Waals surface area contributed by atoms with Crippen LogP contribution in [-0.2, 0) is 38.3 Å². The number of aromatic nitrogens is 2. The summed E-state index contributed by atoms with van der Waals surface area (Å²) in [6, 6.07) is 15.8. The van der Waals surface area contributed by atoms with Crippen molar-refractivity contribution in [1.82, 2.24) is 24.9 Å². The topological polar surface area (TPSA) is 121 Å². The highest BCUT2D eigenvalue weighted by Crippen LogP contribution is 2.23. The smallest absolute Gasteiger partial charge is 0.239 e. The van der Waals surface area contributed by atoms with Crippen LogP contribution in [0.5, 0.6) is 0 Å². The second-order valence-electron chi connectivity index (χ2n) is 8.93. The van der Waals surface area contributed by atoms with Crippen molar-refractivity contribution in [2.45, 2.75) is 50.9 Å². The Bertz CT molecular complexity index is 1240. The van der Waals surface area contributed by atoms with Crippen LogP contribution in [0.2, 0.25) is 0 Å². The van der Waals surface area contributed by atoms with Crippen LogP contribution in [0.1, 0.15) is 42.9 Å². The van der Waals surface area contributed by atoms with Gasteiger partial charge in [0.15, 0.2) is 0 Å². The number of nitrogens with zero attached hydrogens (tertiary/aromatic N) is 3. The Labute approximate surface area is 224 Å². The van der Waals surface area contributed by atoms with Gasteiger partial charge < -0.3 is 10.6 Å². The van der Waals surface area contributed by atoms with Crippen molar-refractivity contribution in [3.63, 3.8) is 0 Å². The number of hydrogen-bond donors (Lipinski definition) is 2. The molecule has 9 nitrogen and oxygen atoms in total. The maximum Gasteiger partial charge on any atom is 0.239 e. The number of aryl methyl sites for hydroxylation is 1. The molecule has 1 aliphatic heterocycles. The average Bonchev–Trinajstić information content (AvgIpc) is 2.96. The van der Waals surface area contributed by atoms with Gasteiger partial charge in [-0.15, -0.1) is 0 Å². The van der Waals surface area contributed by atoms with E-state index in [-0.39, 0.29) is 18.2 Å². The van der Waals surface area contributed by atoms with E-state index in [9.17, 15) is 18.0 Å². The second kappa shape index (κ2) is 14.9. The molecule has 0 saturated carbocycles. The number of amides is 2. The molecule has 3 heterocycles. The lowest BCUT2D eigenvalue weighted by Crippen LogP contribution is -2.53. The first-order valence-electron chi connectivity index (χ1n) is 12.7. The number of pyridine rings is 2. The van der Waals surface area contributed by atoms with Gasteiger partial charge in [-0.2, -0.15) is 4.31 Å². The standard InChI is InChI=1S/C21H26N4O4S.C7H9N/c26-20(23-14-18-9-6-11-22-13-18)15-24-21(27)19-10-4-5-12-25(19)30(28,29)16-17-7-2-1-3-8-17;1-2-7-4-3-5-8-6-7/h1-3,6-9,11,13,19H,4-5,10,12,14-16H2,(H,23,26)(H,24,27);3-6H,2H2,1H3. The van der Waals surface area contributed by atoms with Gasteiger partial charge in [0.25, 0.3) is 0 Å². The van der Waals surface area contributed by atoms with Gasteiger partial charge >= 0.3 is 0 Å². The van der Waals surface area contributed by atoms with Crippen LogP contribution in [0, 0.1) is 0 Å². The third kappa shape index (κ3) is 9.35. The minimum Gasteiger partial charge on any atom is -0.350 e. The summed E-state index contributed by atoms with van der Waals surface area (Å²) < 4.78 is 27.1. The maximum absolute atomic E-state index is 12.9. The van der Waals surface area contributed by atoms with Crippen molar-refractivity contribution in [2.75, 3.05) is 13.1 Å². The van der Waals surface area contributed by atoms with Crippen LogP contribution < -0.4 is 10.6 Å². The summed E-state index contributed by atoms with van der Waals surface area (Å²) in [4.78, 5) is 32.7. The molecule has 2 aromatic heterocycles. The summed E-state index contributed by atoms with van der Waals surface area (Å²) in [7, 11) is -3.65. The van der Waals surface area contributed by atoms with Crippen molar-refractivity contribution in [1.29, 1.82) is 0 Å². The fraction of sp³-hybridized carbons (Fsp3) is 0.357. The Morgan fingerprint density at radius 1 is 0.895 bits per heavy atom. The van der Waals surface area contributed by atoms with E-state index in [2.05, 4.69) is 33.6 Å². The van der Waals surface area contributed by atoms with Gasteiger partial charge in [-0.05, 0) is 48.1 Å². The van der Waals surface area contributed by atoms with Gasteiger partial charge in [0, 0.05) is 37.9 Å². The number of carbonyl (C=O) groups is 2. The molecule has 2 amide bonds. The summed E-state index contributed by atoms with van der Waals surface area (Å²) in [6.45, 7) is 2.53. The van der Waals surface area contributed by atoms with Gasteiger partial charge in [0.05, 0.1) is 12.3 Å². The zero-order valence-electron chi connectivity index (χ0n) is 21.6. The zero-order chi connectivity index (χ0) is 27.2. The van der Waals surface area contributed by atoms with Gasteiger partial charge in [0.2, 0.25) is 21.8 Å². The first-order chi connectivity index (χ1) is 18.4. The minimum absolute atomic E-state index is 0.150.